The first-order chi connectivity index (χ1) is 11.0. The van der Waals surface area contributed by atoms with E-state index in [2.05, 4.69) is 17.4 Å². The quantitative estimate of drug-likeness (QED) is 0.755. The highest BCUT2D eigenvalue weighted by Gasteiger charge is 2.29. The van der Waals surface area contributed by atoms with Crippen LogP contribution in [0.5, 0.6) is 0 Å². The van der Waals surface area contributed by atoms with Crippen LogP contribution >= 0.6 is 11.8 Å². The van der Waals surface area contributed by atoms with Crippen LogP contribution in [-0.4, -0.2) is 50.3 Å². The molecule has 0 aliphatic carbocycles. The smallest absolute Gasteiger partial charge is 0.224 e. The zero-order chi connectivity index (χ0) is 16.7. The standard InChI is InChI=1S/C16H24N2O3S2/c1-23(20,21)18-10-5-8-15(12-18)16(19)17-9-11-22-13-14-6-3-2-4-7-14/h2-4,6-7,15H,5,8-13H2,1H3,(H,17,19). The molecule has 2 rings (SSSR count). The van der Waals surface area contributed by atoms with Crippen molar-refractivity contribution >= 4 is 27.7 Å². The van der Waals surface area contributed by atoms with Crippen molar-refractivity contribution in [3.63, 3.8) is 0 Å². The Morgan fingerprint density at radius 1 is 1.35 bits per heavy atom. The van der Waals surface area contributed by atoms with E-state index in [-0.39, 0.29) is 11.8 Å². The number of thioether (sulfide) groups is 1. The number of piperidine rings is 1. The Morgan fingerprint density at radius 3 is 2.78 bits per heavy atom. The minimum Gasteiger partial charge on any atom is -0.355 e. The third kappa shape index (κ3) is 6.16. The summed E-state index contributed by atoms with van der Waals surface area (Å²) in [6.07, 6.45) is 2.70. The van der Waals surface area contributed by atoms with Gasteiger partial charge in [0.1, 0.15) is 0 Å². The van der Waals surface area contributed by atoms with Gasteiger partial charge in [0.05, 0.1) is 12.2 Å². The number of carbonyl (C=O) groups excluding carboxylic acids is 1. The van der Waals surface area contributed by atoms with E-state index in [1.165, 1.54) is 16.1 Å². The molecule has 1 saturated heterocycles. The molecule has 7 heteroatoms. The summed E-state index contributed by atoms with van der Waals surface area (Å²) in [4.78, 5) is 12.2. The Labute approximate surface area is 142 Å². The normalized spacial score (nSPS) is 19.4. The Hall–Kier alpha value is -1.05. The predicted octanol–water partition coefficient (Wildman–Crippen LogP) is 1.71. The third-order valence-electron chi connectivity index (χ3n) is 3.88. The number of hydrogen-bond acceptors (Lipinski definition) is 4. The average Bonchev–Trinajstić information content (AvgIpc) is 2.54. The zero-order valence-corrected chi connectivity index (χ0v) is 15.0. The minimum absolute atomic E-state index is 0.0290. The van der Waals surface area contributed by atoms with Crippen molar-refractivity contribution < 1.29 is 13.2 Å². The molecule has 0 aromatic heterocycles. The van der Waals surface area contributed by atoms with E-state index in [0.29, 0.717) is 19.6 Å². The molecular weight excluding hydrogens is 332 g/mol. The molecule has 1 aliphatic rings. The van der Waals surface area contributed by atoms with Crippen molar-refractivity contribution in [2.24, 2.45) is 5.92 Å². The van der Waals surface area contributed by atoms with Gasteiger partial charge in [-0.1, -0.05) is 30.3 Å². The van der Waals surface area contributed by atoms with E-state index >= 15 is 0 Å². The number of nitrogens with zero attached hydrogens (tertiary/aromatic N) is 1. The van der Waals surface area contributed by atoms with Crippen LogP contribution in [0.25, 0.3) is 0 Å². The largest absolute Gasteiger partial charge is 0.355 e. The van der Waals surface area contributed by atoms with Crippen LogP contribution in [0.2, 0.25) is 0 Å². The van der Waals surface area contributed by atoms with Crippen LogP contribution in [0.3, 0.4) is 0 Å². The predicted molar refractivity (Wildman–Crippen MR) is 94.8 cm³/mol. The number of sulfonamides is 1. The van der Waals surface area contributed by atoms with Gasteiger partial charge in [0.15, 0.2) is 0 Å². The van der Waals surface area contributed by atoms with Crippen molar-refractivity contribution in [2.75, 3.05) is 31.6 Å². The summed E-state index contributed by atoms with van der Waals surface area (Å²) in [6.45, 7) is 1.45. The molecule has 0 saturated carbocycles. The van der Waals surface area contributed by atoms with E-state index in [0.717, 1.165) is 24.3 Å². The van der Waals surface area contributed by atoms with Crippen molar-refractivity contribution in [1.29, 1.82) is 0 Å². The number of hydrogen-bond donors (Lipinski definition) is 1. The zero-order valence-electron chi connectivity index (χ0n) is 13.4. The fourth-order valence-electron chi connectivity index (χ4n) is 2.61. The Morgan fingerprint density at radius 2 is 2.09 bits per heavy atom. The van der Waals surface area contributed by atoms with Gasteiger partial charge in [-0.15, -0.1) is 0 Å². The summed E-state index contributed by atoms with van der Waals surface area (Å²) in [7, 11) is -3.20. The molecule has 1 aliphatic heterocycles. The van der Waals surface area contributed by atoms with Crippen molar-refractivity contribution in [1.82, 2.24) is 9.62 Å². The molecule has 0 bridgehead atoms. The molecule has 1 aromatic carbocycles. The fraction of sp³-hybridized carbons (Fsp3) is 0.562. The van der Waals surface area contributed by atoms with Crippen LogP contribution in [0.1, 0.15) is 18.4 Å². The average molecular weight is 357 g/mol. The van der Waals surface area contributed by atoms with Crippen molar-refractivity contribution in [2.45, 2.75) is 18.6 Å². The lowest BCUT2D eigenvalue weighted by molar-refractivity contribution is -0.125. The molecule has 1 N–H and O–H groups in total. The van der Waals surface area contributed by atoms with E-state index in [9.17, 15) is 13.2 Å². The minimum atomic E-state index is -3.20. The summed E-state index contributed by atoms with van der Waals surface area (Å²) < 4.78 is 24.6. The molecular formula is C16H24N2O3S2. The van der Waals surface area contributed by atoms with E-state index in [4.69, 9.17) is 0 Å². The number of amides is 1. The number of rotatable bonds is 7. The first-order valence-corrected chi connectivity index (χ1v) is 10.8. The summed E-state index contributed by atoms with van der Waals surface area (Å²) >= 11 is 1.78. The van der Waals surface area contributed by atoms with Crippen LogP contribution in [0.15, 0.2) is 30.3 Å². The van der Waals surface area contributed by atoms with Gasteiger partial charge >= 0.3 is 0 Å². The second kappa shape index (κ2) is 8.70. The highest BCUT2D eigenvalue weighted by atomic mass is 32.2. The fourth-order valence-corrected chi connectivity index (χ4v) is 4.34. The lowest BCUT2D eigenvalue weighted by Gasteiger charge is -2.30. The van der Waals surface area contributed by atoms with Gasteiger partial charge < -0.3 is 5.32 Å². The highest BCUT2D eigenvalue weighted by molar-refractivity contribution is 7.98. The third-order valence-corrected chi connectivity index (χ3v) is 6.18. The number of nitrogens with one attached hydrogen (secondary N) is 1. The maximum absolute atomic E-state index is 12.2. The van der Waals surface area contributed by atoms with E-state index < -0.39 is 10.0 Å². The van der Waals surface area contributed by atoms with Crippen molar-refractivity contribution in [3.8, 4) is 0 Å². The second-order valence-electron chi connectivity index (χ2n) is 5.79. The van der Waals surface area contributed by atoms with Crippen LogP contribution in [0.4, 0.5) is 0 Å². The molecule has 128 valence electrons. The van der Waals surface area contributed by atoms with Gasteiger partial charge in [-0.05, 0) is 18.4 Å². The van der Waals surface area contributed by atoms with Gasteiger partial charge in [-0.2, -0.15) is 11.8 Å². The van der Waals surface area contributed by atoms with E-state index in [1.807, 2.05) is 18.2 Å². The van der Waals surface area contributed by atoms with E-state index in [1.54, 1.807) is 11.8 Å². The lowest BCUT2D eigenvalue weighted by atomic mass is 9.99. The highest BCUT2D eigenvalue weighted by Crippen LogP contribution is 2.19. The monoisotopic (exact) mass is 356 g/mol. The van der Waals surface area contributed by atoms with Gasteiger partial charge in [-0.25, -0.2) is 12.7 Å². The second-order valence-corrected chi connectivity index (χ2v) is 8.88. The van der Waals surface area contributed by atoms with Crippen LogP contribution in [0, 0.1) is 5.92 Å². The van der Waals surface area contributed by atoms with Crippen LogP contribution < -0.4 is 5.32 Å². The lowest BCUT2D eigenvalue weighted by Crippen LogP contribution is -2.45. The maximum Gasteiger partial charge on any atom is 0.224 e. The molecule has 1 heterocycles. The Kier molecular flexibility index (Phi) is 6.92. The number of benzene rings is 1. The van der Waals surface area contributed by atoms with Gasteiger partial charge in [0.2, 0.25) is 15.9 Å². The van der Waals surface area contributed by atoms with Gasteiger partial charge in [0, 0.05) is 31.1 Å². The number of carbonyl (C=O) groups is 1. The summed E-state index contributed by atoms with van der Waals surface area (Å²) in [6, 6.07) is 10.2. The molecule has 1 amide bonds. The molecule has 23 heavy (non-hydrogen) atoms. The maximum atomic E-state index is 12.2. The molecule has 1 atom stereocenters. The molecule has 5 nitrogen and oxygen atoms in total. The first-order valence-electron chi connectivity index (χ1n) is 7.81. The summed E-state index contributed by atoms with van der Waals surface area (Å²) in [5.41, 5.74) is 1.28. The molecule has 0 spiro atoms. The SMILES string of the molecule is CS(=O)(=O)N1CCCC(C(=O)NCCSCc2ccccc2)C1. The molecule has 1 unspecified atom stereocenters. The molecule has 1 fully saturated rings. The molecule has 1 aromatic rings. The Bertz CT molecular complexity index is 605. The summed E-state index contributed by atoms with van der Waals surface area (Å²) in [5, 5.41) is 2.93. The van der Waals surface area contributed by atoms with Crippen molar-refractivity contribution in [3.05, 3.63) is 35.9 Å². The topological polar surface area (TPSA) is 66.5 Å². The van der Waals surface area contributed by atoms with Gasteiger partial charge in [0.25, 0.3) is 0 Å². The van der Waals surface area contributed by atoms with Crippen LogP contribution in [-0.2, 0) is 20.6 Å². The molecule has 0 radical (unpaired) electrons. The first kappa shape index (κ1) is 18.3. The van der Waals surface area contributed by atoms with Gasteiger partial charge in [-0.3, -0.25) is 4.79 Å². The Balaban J connectivity index is 1.66. The summed E-state index contributed by atoms with van der Waals surface area (Å²) in [5.74, 6) is 1.53.